The van der Waals surface area contributed by atoms with Crippen LogP contribution in [-0.4, -0.2) is 10.9 Å². The summed E-state index contributed by atoms with van der Waals surface area (Å²) in [5.41, 5.74) is 1.92. The minimum atomic E-state index is -0.585. The molecular formula is C24H24Cl2FN3O2. The summed E-state index contributed by atoms with van der Waals surface area (Å²) in [5, 5.41) is 6.05. The number of halogens is 3. The highest BCUT2D eigenvalue weighted by atomic mass is 35.5. The van der Waals surface area contributed by atoms with Gasteiger partial charge in [-0.05, 0) is 48.2 Å². The molecule has 2 aromatic carbocycles. The van der Waals surface area contributed by atoms with Crippen molar-refractivity contribution in [1.29, 1.82) is 0 Å². The van der Waals surface area contributed by atoms with E-state index in [0.717, 1.165) is 5.56 Å². The molecule has 0 aliphatic heterocycles. The number of hydrogen-bond acceptors (Lipinski definition) is 3. The number of H-pyrrole nitrogens is 1. The Bertz CT molecular complexity index is 1200. The van der Waals surface area contributed by atoms with Crippen LogP contribution in [0.5, 0.6) is 0 Å². The zero-order chi connectivity index (χ0) is 23.6. The highest BCUT2D eigenvalue weighted by Gasteiger charge is 2.19. The monoisotopic (exact) mass is 475 g/mol. The first-order valence-corrected chi connectivity index (χ1v) is 10.8. The van der Waals surface area contributed by atoms with Crippen LogP contribution >= 0.6 is 23.2 Å². The Kier molecular flexibility index (Phi) is 6.96. The summed E-state index contributed by atoms with van der Waals surface area (Å²) in [7, 11) is 0. The van der Waals surface area contributed by atoms with Gasteiger partial charge in [-0.25, -0.2) is 4.39 Å². The molecule has 8 heteroatoms. The third kappa shape index (κ3) is 5.31. The molecule has 3 aromatic rings. The molecule has 0 aliphatic carbocycles. The molecule has 0 aliphatic rings. The fourth-order valence-corrected chi connectivity index (χ4v) is 3.95. The lowest BCUT2D eigenvalue weighted by molar-refractivity contribution is 0.102. The summed E-state index contributed by atoms with van der Waals surface area (Å²) < 4.78 is 13.9. The van der Waals surface area contributed by atoms with E-state index in [-0.39, 0.29) is 16.0 Å². The van der Waals surface area contributed by atoms with Crippen molar-refractivity contribution < 1.29 is 9.18 Å². The van der Waals surface area contributed by atoms with Gasteiger partial charge in [-0.15, -0.1) is 0 Å². The highest BCUT2D eigenvalue weighted by molar-refractivity contribution is 6.36. The Morgan fingerprint density at radius 2 is 1.72 bits per heavy atom. The minimum Gasteiger partial charge on any atom is -0.377 e. The second kappa shape index (κ2) is 9.35. The predicted octanol–water partition coefficient (Wildman–Crippen LogP) is 6.54. The number of rotatable bonds is 5. The number of amides is 1. The molecular weight excluding hydrogens is 452 g/mol. The molecule has 0 saturated heterocycles. The van der Waals surface area contributed by atoms with Crippen molar-refractivity contribution >= 4 is 40.5 Å². The van der Waals surface area contributed by atoms with Gasteiger partial charge in [0, 0.05) is 22.5 Å². The largest absolute Gasteiger partial charge is 0.377 e. The van der Waals surface area contributed by atoms with Crippen LogP contribution < -0.4 is 16.2 Å². The molecule has 0 fully saturated rings. The summed E-state index contributed by atoms with van der Waals surface area (Å²) in [6, 6.07) is 11.0. The van der Waals surface area contributed by atoms with E-state index in [9.17, 15) is 14.0 Å². The molecule has 0 saturated carbocycles. The Hall–Kier alpha value is -2.83. The van der Waals surface area contributed by atoms with Crippen molar-refractivity contribution in [1.82, 2.24) is 4.98 Å². The summed E-state index contributed by atoms with van der Waals surface area (Å²) in [5.74, 6) is -1.13. The highest BCUT2D eigenvalue weighted by Crippen LogP contribution is 2.34. The maximum Gasteiger partial charge on any atom is 0.261 e. The van der Waals surface area contributed by atoms with Gasteiger partial charge in [-0.3, -0.25) is 9.59 Å². The van der Waals surface area contributed by atoms with Crippen molar-refractivity contribution in [3.63, 3.8) is 0 Å². The van der Waals surface area contributed by atoms with E-state index in [2.05, 4.69) is 36.4 Å². The summed E-state index contributed by atoms with van der Waals surface area (Å²) >= 11 is 12.3. The van der Waals surface area contributed by atoms with Crippen LogP contribution in [-0.2, 0) is 5.41 Å². The summed E-state index contributed by atoms with van der Waals surface area (Å²) in [6.07, 6.45) is 1.43. The molecule has 0 spiro atoms. The minimum absolute atomic E-state index is 0.0101. The molecule has 1 heterocycles. The number of anilines is 2. The Morgan fingerprint density at radius 1 is 1.06 bits per heavy atom. The standard InChI is InChI=1S/C24H24Cl2FN3O2/c1-13(20-18(25)9-10-19(27)21(20)26)29-16-11-17(22(31)28-12-16)23(32)30-15-7-5-14(6-8-15)24(2,3)4/h5-13,29H,1-4H3,(H,28,31)(H,30,32)/t13-/m1/s1. The third-order valence-corrected chi connectivity index (χ3v) is 5.77. The van der Waals surface area contributed by atoms with Crippen molar-refractivity contribution in [3.05, 3.63) is 91.6 Å². The Labute approximate surface area is 196 Å². The van der Waals surface area contributed by atoms with Gasteiger partial charge >= 0.3 is 0 Å². The van der Waals surface area contributed by atoms with E-state index in [1.165, 1.54) is 24.4 Å². The third-order valence-electron chi connectivity index (χ3n) is 5.05. The lowest BCUT2D eigenvalue weighted by Gasteiger charge is -2.19. The fourth-order valence-electron chi connectivity index (χ4n) is 3.25. The second-order valence-electron chi connectivity index (χ2n) is 8.54. The second-order valence-corrected chi connectivity index (χ2v) is 9.32. The number of carbonyl (C=O) groups excluding carboxylic acids is 1. The number of carbonyl (C=O) groups is 1. The van der Waals surface area contributed by atoms with E-state index in [4.69, 9.17) is 23.2 Å². The Balaban J connectivity index is 1.80. The van der Waals surface area contributed by atoms with Crippen LogP contribution in [0.2, 0.25) is 10.0 Å². The quantitative estimate of drug-likeness (QED) is 0.366. The van der Waals surface area contributed by atoms with Gasteiger partial charge in [0.25, 0.3) is 11.5 Å². The number of aromatic nitrogens is 1. The lowest BCUT2D eigenvalue weighted by Crippen LogP contribution is -2.23. The smallest absolute Gasteiger partial charge is 0.261 e. The van der Waals surface area contributed by atoms with Crippen molar-refractivity contribution in [2.24, 2.45) is 0 Å². The summed E-state index contributed by atoms with van der Waals surface area (Å²) in [6.45, 7) is 8.05. The zero-order valence-corrected chi connectivity index (χ0v) is 19.7. The molecule has 1 aromatic heterocycles. The molecule has 0 bridgehead atoms. The van der Waals surface area contributed by atoms with Crippen LogP contribution in [0.25, 0.3) is 0 Å². The molecule has 0 unspecified atom stereocenters. The van der Waals surface area contributed by atoms with E-state index in [1.807, 2.05) is 12.1 Å². The van der Waals surface area contributed by atoms with Crippen LogP contribution in [0.4, 0.5) is 15.8 Å². The molecule has 0 radical (unpaired) electrons. The van der Waals surface area contributed by atoms with Gasteiger partial charge in [0.15, 0.2) is 0 Å². The van der Waals surface area contributed by atoms with Crippen LogP contribution in [0.15, 0.2) is 53.5 Å². The molecule has 5 nitrogen and oxygen atoms in total. The topological polar surface area (TPSA) is 74.0 Å². The molecule has 168 valence electrons. The van der Waals surface area contributed by atoms with Gasteiger partial charge in [0.05, 0.1) is 16.8 Å². The normalized spacial score (nSPS) is 12.3. The molecule has 1 amide bonds. The molecule has 32 heavy (non-hydrogen) atoms. The maximum atomic E-state index is 13.9. The average Bonchev–Trinajstić information content (AvgIpc) is 2.72. The van der Waals surface area contributed by atoms with Crippen LogP contribution in [0.3, 0.4) is 0 Å². The van der Waals surface area contributed by atoms with Gasteiger partial charge < -0.3 is 15.6 Å². The number of pyridine rings is 1. The molecule has 3 rings (SSSR count). The number of benzene rings is 2. The molecule has 3 N–H and O–H groups in total. The van der Waals surface area contributed by atoms with Crippen molar-refractivity contribution in [2.45, 2.75) is 39.2 Å². The Morgan fingerprint density at radius 3 is 2.34 bits per heavy atom. The van der Waals surface area contributed by atoms with E-state index >= 15 is 0 Å². The maximum absolute atomic E-state index is 13.9. The van der Waals surface area contributed by atoms with E-state index < -0.39 is 23.3 Å². The number of nitrogens with one attached hydrogen (secondary N) is 3. The predicted molar refractivity (Wildman–Crippen MR) is 129 cm³/mol. The SMILES string of the molecule is C[C@@H](Nc1c[nH]c(=O)c(C(=O)Nc2ccc(C(C)(C)C)cc2)c1)c1c(Cl)ccc(F)c1Cl. The van der Waals surface area contributed by atoms with Crippen LogP contribution in [0.1, 0.15) is 55.2 Å². The van der Waals surface area contributed by atoms with Crippen LogP contribution in [0, 0.1) is 5.82 Å². The fraction of sp³-hybridized carbons (Fsp3) is 0.250. The van der Waals surface area contributed by atoms with Gasteiger partial charge in [0.2, 0.25) is 0 Å². The first kappa shape index (κ1) is 23.8. The molecule has 1 atom stereocenters. The zero-order valence-electron chi connectivity index (χ0n) is 18.1. The van der Waals surface area contributed by atoms with Crippen molar-refractivity contribution in [2.75, 3.05) is 10.6 Å². The lowest BCUT2D eigenvalue weighted by atomic mass is 9.87. The number of hydrogen-bond donors (Lipinski definition) is 3. The van der Waals surface area contributed by atoms with E-state index in [0.29, 0.717) is 22.0 Å². The van der Waals surface area contributed by atoms with Gasteiger partial charge in [-0.2, -0.15) is 0 Å². The number of aromatic amines is 1. The van der Waals surface area contributed by atoms with Gasteiger partial charge in [-0.1, -0.05) is 56.1 Å². The van der Waals surface area contributed by atoms with Crippen molar-refractivity contribution in [3.8, 4) is 0 Å². The average molecular weight is 476 g/mol. The first-order chi connectivity index (χ1) is 15.0. The van der Waals surface area contributed by atoms with Gasteiger partial charge in [0.1, 0.15) is 11.4 Å². The first-order valence-electron chi connectivity index (χ1n) is 10.0. The summed E-state index contributed by atoms with van der Waals surface area (Å²) in [4.78, 5) is 27.5. The van der Waals surface area contributed by atoms with E-state index in [1.54, 1.807) is 19.1 Å².